The van der Waals surface area contributed by atoms with Crippen molar-refractivity contribution in [3.63, 3.8) is 0 Å². The average molecular weight is 594 g/mol. The van der Waals surface area contributed by atoms with E-state index in [-0.39, 0.29) is 17.2 Å². The number of carbonyl (C=O) groups excluding carboxylic acids is 1. The molecule has 0 unspecified atom stereocenters. The number of carbonyl (C=O) groups is 1. The highest BCUT2D eigenvalue weighted by Gasteiger charge is 2.37. The number of benzene rings is 4. The molecule has 2 atom stereocenters. The molecular formula is C35H35N3O4S. The largest absolute Gasteiger partial charge is 0.497 e. The molecule has 4 aromatic carbocycles. The van der Waals surface area contributed by atoms with Gasteiger partial charge in [0.15, 0.2) is 11.5 Å². The van der Waals surface area contributed by atoms with Crippen molar-refractivity contribution in [1.29, 1.82) is 0 Å². The minimum atomic E-state index is -0.267. The third-order valence-electron chi connectivity index (χ3n) is 8.35. The Labute approximate surface area is 256 Å². The van der Waals surface area contributed by atoms with Crippen LogP contribution in [0, 0.1) is 0 Å². The summed E-state index contributed by atoms with van der Waals surface area (Å²) in [4.78, 5) is 17.4. The second-order valence-corrected chi connectivity index (χ2v) is 12.6. The number of thioether (sulfide) groups is 1. The molecule has 8 heteroatoms. The van der Waals surface area contributed by atoms with Crippen LogP contribution in [-0.4, -0.2) is 49.0 Å². The molecule has 1 amide bonds. The van der Waals surface area contributed by atoms with Crippen molar-refractivity contribution in [3.05, 3.63) is 102 Å². The summed E-state index contributed by atoms with van der Waals surface area (Å²) in [6.45, 7) is 2.56. The first-order chi connectivity index (χ1) is 21.1. The lowest BCUT2D eigenvalue weighted by molar-refractivity contribution is -0.120. The Morgan fingerprint density at radius 1 is 0.930 bits per heavy atom. The Bertz CT molecular complexity index is 1630. The molecule has 4 aromatic rings. The molecule has 220 valence electrons. The monoisotopic (exact) mass is 593 g/mol. The van der Waals surface area contributed by atoms with Crippen molar-refractivity contribution >= 4 is 34.7 Å². The van der Waals surface area contributed by atoms with Crippen LogP contribution in [0.15, 0.2) is 89.8 Å². The lowest BCUT2D eigenvalue weighted by Gasteiger charge is -2.25. The van der Waals surface area contributed by atoms with Crippen LogP contribution in [0.5, 0.6) is 17.2 Å². The van der Waals surface area contributed by atoms with Gasteiger partial charge in [-0.2, -0.15) is 0 Å². The van der Waals surface area contributed by atoms with Gasteiger partial charge in [0.05, 0.1) is 13.2 Å². The van der Waals surface area contributed by atoms with Crippen molar-refractivity contribution in [2.24, 2.45) is 0 Å². The van der Waals surface area contributed by atoms with Crippen molar-refractivity contribution in [3.8, 4) is 17.2 Å². The van der Waals surface area contributed by atoms with Gasteiger partial charge < -0.3 is 24.8 Å². The minimum Gasteiger partial charge on any atom is -0.497 e. The van der Waals surface area contributed by atoms with E-state index in [0.717, 1.165) is 65.7 Å². The van der Waals surface area contributed by atoms with Crippen LogP contribution in [-0.2, 0) is 24.2 Å². The molecule has 1 saturated heterocycles. The van der Waals surface area contributed by atoms with Crippen LogP contribution < -0.4 is 24.8 Å². The number of aryl methyl sites for hydroxylation is 2. The van der Waals surface area contributed by atoms with E-state index in [0.29, 0.717) is 19.8 Å². The van der Waals surface area contributed by atoms with Crippen LogP contribution in [0.3, 0.4) is 0 Å². The lowest BCUT2D eigenvalue weighted by Crippen LogP contribution is -2.39. The van der Waals surface area contributed by atoms with E-state index in [2.05, 4.69) is 70.1 Å². The predicted octanol–water partition coefficient (Wildman–Crippen LogP) is 6.68. The van der Waals surface area contributed by atoms with Gasteiger partial charge in [-0.15, -0.1) is 11.8 Å². The number of nitrogens with one attached hydrogen (secondary N) is 2. The van der Waals surface area contributed by atoms with E-state index in [1.807, 2.05) is 42.1 Å². The van der Waals surface area contributed by atoms with Crippen LogP contribution in [0.1, 0.15) is 23.1 Å². The quantitative estimate of drug-likeness (QED) is 0.248. The van der Waals surface area contributed by atoms with Gasteiger partial charge in [-0.3, -0.25) is 9.69 Å². The zero-order chi connectivity index (χ0) is 29.2. The number of para-hydroxylation sites is 1. The molecule has 7 nitrogen and oxygen atoms in total. The SMILES string of the molecule is COc1ccc(S[C@H]2C[C@@H](C(=O)Nc3ccc4c(c3)Nc3ccccc3CC4)N(Cc3ccc4c(c3)OCCO4)C2)cc1. The van der Waals surface area contributed by atoms with Gasteiger partial charge in [-0.05, 0) is 90.6 Å². The number of amides is 1. The highest BCUT2D eigenvalue weighted by atomic mass is 32.2. The maximum absolute atomic E-state index is 13.9. The Kier molecular flexibility index (Phi) is 7.87. The summed E-state index contributed by atoms with van der Waals surface area (Å²) in [6, 6.07) is 28.6. The molecule has 43 heavy (non-hydrogen) atoms. The van der Waals surface area contributed by atoms with Gasteiger partial charge in [0, 0.05) is 40.3 Å². The Balaban J connectivity index is 1.10. The molecule has 7 rings (SSSR count). The van der Waals surface area contributed by atoms with E-state index in [1.165, 1.54) is 16.0 Å². The number of fused-ring (bicyclic) bond motifs is 3. The van der Waals surface area contributed by atoms with E-state index < -0.39 is 0 Å². The van der Waals surface area contributed by atoms with Crippen molar-refractivity contribution in [1.82, 2.24) is 4.90 Å². The van der Waals surface area contributed by atoms with Gasteiger partial charge in [0.2, 0.25) is 5.91 Å². The summed E-state index contributed by atoms with van der Waals surface area (Å²) < 4.78 is 16.9. The summed E-state index contributed by atoms with van der Waals surface area (Å²) in [6.07, 6.45) is 2.71. The molecule has 0 spiro atoms. The van der Waals surface area contributed by atoms with Crippen LogP contribution in [0.2, 0.25) is 0 Å². The van der Waals surface area contributed by atoms with Gasteiger partial charge >= 0.3 is 0 Å². The first-order valence-corrected chi connectivity index (χ1v) is 15.7. The van der Waals surface area contributed by atoms with E-state index in [1.54, 1.807) is 7.11 Å². The number of likely N-dealkylation sites (tertiary alicyclic amines) is 1. The lowest BCUT2D eigenvalue weighted by atomic mass is 10.0. The molecule has 2 N–H and O–H groups in total. The fourth-order valence-corrected chi connectivity index (χ4v) is 7.37. The molecule has 0 radical (unpaired) electrons. The minimum absolute atomic E-state index is 0.0179. The zero-order valence-corrected chi connectivity index (χ0v) is 25.0. The zero-order valence-electron chi connectivity index (χ0n) is 24.2. The van der Waals surface area contributed by atoms with E-state index in [9.17, 15) is 4.79 Å². The molecule has 1 fully saturated rings. The smallest absolute Gasteiger partial charge is 0.241 e. The van der Waals surface area contributed by atoms with Crippen molar-refractivity contribution in [2.75, 3.05) is 37.5 Å². The van der Waals surface area contributed by atoms with Crippen molar-refractivity contribution < 1.29 is 19.0 Å². The molecule has 3 heterocycles. The summed E-state index contributed by atoms with van der Waals surface area (Å²) in [5, 5.41) is 7.12. The molecule has 3 aliphatic heterocycles. The van der Waals surface area contributed by atoms with Gasteiger partial charge in [0.1, 0.15) is 19.0 Å². The normalized spacial score (nSPS) is 19.0. The number of hydrogen-bond acceptors (Lipinski definition) is 7. The third-order valence-corrected chi connectivity index (χ3v) is 9.57. The second-order valence-electron chi connectivity index (χ2n) is 11.2. The Hall–Kier alpha value is -4.14. The Morgan fingerprint density at radius 2 is 1.72 bits per heavy atom. The number of methoxy groups -OCH3 is 1. The number of hydrogen-bond donors (Lipinski definition) is 2. The highest BCUT2D eigenvalue weighted by molar-refractivity contribution is 8.00. The fourth-order valence-electron chi connectivity index (χ4n) is 6.15. The van der Waals surface area contributed by atoms with E-state index >= 15 is 0 Å². The summed E-state index contributed by atoms with van der Waals surface area (Å²) in [7, 11) is 1.68. The Morgan fingerprint density at radius 3 is 2.56 bits per heavy atom. The summed E-state index contributed by atoms with van der Waals surface area (Å²) in [5.41, 5.74) is 6.66. The van der Waals surface area contributed by atoms with Crippen LogP contribution in [0.25, 0.3) is 0 Å². The highest BCUT2D eigenvalue weighted by Crippen LogP contribution is 2.37. The molecule has 3 aliphatic rings. The van der Waals surface area contributed by atoms with Gasteiger partial charge in [0.25, 0.3) is 0 Å². The maximum atomic E-state index is 13.9. The van der Waals surface area contributed by atoms with Gasteiger partial charge in [-0.1, -0.05) is 30.3 Å². The fraction of sp³-hybridized carbons (Fsp3) is 0.286. The molecular weight excluding hydrogens is 558 g/mol. The molecule has 0 aromatic heterocycles. The number of rotatable bonds is 7. The molecule has 0 saturated carbocycles. The summed E-state index contributed by atoms with van der Waals surface area (Å²) >= 11 is 1.82. The topological polar surface area (TPSA) is 72.1 Å². The molecule has 0 bridgehead atoms. The maximum Gasteiger partial charge on any atom is 0.241 e. The first kappa shape index (κ1) is 27.7. The third kappa shape index (κ3) is 6.17. The summed E-state index contributed by atoms with van der Waals surface area (Å²) in [5.74, 6) is 2.40. The van der Waals surface area contributed by atoms with Crippen LogP contribution in [0.4, 0.5) is 17.1 Å². The van der Waals surface area contributed by atoms with Gasteiger partial charge in [-0.25, -0.2) is 0 Å². The number of ether oxygens (including phenoxy) is 3. The predicted molar refractivity (Wildman–Crippen MR) is 171 cm³/mol. The van der Waals surface area contributed by atoms with Crippen molar-refractivity contribution in [2.45, 2.75) is 42.0 Å². The van der Waals surface area contributed by atoms with Crippen LogP contribution >= 0.6 is 11.8 Å². The number of anilines is 3. The standard InChI is InChI=1S/C35H35N3O4S/c1-40-27-11-13-28(14-12-27)43-29-20-32(38(22-29)21-23-6-15-33-34(18-23)42-17-16-41-33)35(39)36-26-10-9-25-8-7-24-4-2-3-5-30(24)37-31(25)19-26/h2-6,9-15,18-19,29,32,37H,7-8,16-17,20-22H2,1H3,(H,36,39)/t29-,32-/m0/s1. The number of nitrogens with zero attached hydrogens (tertiary/aromatic N) is 1. The average Bonchev–Trinajstić information content (AvgIpc) is 3.33. The first-order valence-electron chi connectivity index (χ1n) is 14.8. The second kappa shape index (κ2) is 12.2. The molecule has 0 aliphatic carbocycles. The van der Waals surface area contributed by atoms with E-state index in [4.69, 9.17) is 14.2 Å².